The maximum Gasteiger partial charge on any atom is 0.189 e. The van der Waals surface area contributed by atoms with Crippen LogP contribution in [0.15, 0.2) is 97.2 Å². The second-order valence-corrected chi connectivity index (χ2v) is 6.87. The molecule has 176 valence electrons. The van der Waals surface area contributed by atoms with E-state index < -0.39 is 11.6 Å². The van der Waals surface area contributed by atoms with Gasteiger partial charge in [0.15, 0.2) is 5.78 Å². The molecule has 0 aliphatic heterocycles. The van der Waals surface area contributed by atoms with Crippen molar-refractivity contribution in [1.29, 1.82) is 0 Å². The quantitative estimate of drug-likeness (QED) is 0.126. The number of benzene rings is 3. The normalized spacial score (nSPS) is 10.5. The van der Waals surface area contributed by atoms with Gasteiger partial charge in [0.25, 0.3) is 0 Å². The molecule has 0 amide bonds. The molecule has 34 heavy (non-hydrogen) atoms. The minimum Gasteiger partial charge on any atom is -0.507 e. The van der Waals surface area contributed by atoms with Gasteiger partial charge in [0.2, 0.25) is 0 Å². The fourth-order valence-electron chi connectivity index (χ4n) is 2.85. The topological polar surface area (TPSA) is 70.4 Å². The van der Waals surface area contributed by atoms with Crippen LogP contribution in [0.2, 0.25) is 0 Å². The molecule has 0 saturated heterocycles. The number of rotatable bonds is 5. The third-order valence-electron chi connectivity index (χ3n) is 4.52. The third-order valence-corrected chi connectivity index (χ3v) is 4.52. The molecule has 4 nitrogen and oxygen atoms in total. The van der Waals surface area contributed by atoms with Crippen LogP contribution < -0.4 is 0 Å². The predicted octanol–water partition coefficient (Wildman–Crippen LogP) is 5.79. The summed E-state index contributed by atoms with van der Waals surface area (Å²) < 4.78 is 26.1. The van der Waals surface area contributed by atoms with E-state index in [-0.39, 0.29) is 44.8 Å². The van der Waals surface area contributed by atoms with Crippen molar-refractivity contribution in [2.45, 2.75) is 6.61 Å². The van der Waals surface area contributed by atoms with Gasteiger partial charge in [-0.15, -0.1) is 12.1 Å². The van der Waals surface area contributed by atoms with Crippen molar-refractivity contribution < 1.29 is 44.9 Å². The van der Waals surface area contributed by atoms with E-state index in [0.717, 1.165) is 12.1 Å². The van der Waals surface area contributed by atoms with Crippen LogP contribution in [0, 0.1) is 17.7 Å². The van der Waals surface area contributed by atoms with Gasteiger partial charge >= 0.3 is 0 Å². The Bertz CT molecular complexity index is 1250. The Morgan fingerprint density at radius 2 is 1.56 bits per heavy atom. The molecule has 0 saturated carbocycles. The van der Waals surface area contributed by atoms with Gasteiger partial charge in [-0.1, -0.05) is 78.4 Å². The zero-order chi connectivity index (χ0) is 23.6. The molecule has 0 fully saturated rings. The van der Waals surface area contributed by atoms with Gasteiger partial charge in [0, 0.05) is 56.1 Å². The number of hydrogen-bond acceptors (Lipinski definition) is 4. The molecule has 0 aliphatic rings. The van der Waals surface area contributed by atoms with E-state index in [0.29, 0.717) is 22.4 Å². The molecule has 7 heteroatoms. The number of allylic oxidation sites excluding steroid dienone is 1. The zero-order valence-corrected chi connectivity index (χ0v) is 20.0. The Balaban J connectivity index is 0.000000234. The minimum absolute atomic E-state index is 0. The van der Waals surface area contributed by atoms with Crippen LogP contribution in [0.3, 0.4) is 0 Å². The number of ketones is 1. The summed E-state index contributed by atoms with van der Waals surface area (Å²) in [6.07, 6.45) is 2.70. The number of aromatic nitrogens is 1. The van der Waals surface area contributed by atoms with Crippen molar-refractivity contribution >= 4 is 11.5 Å². The van der Waals surface area contributed by atoms with Crippen LogP contribution in [-0.4, -0.2) is 21.0 Å². The first kappa shape index (κ1) is 26.8. The smallest absolute Gasteiger partial charge is 0.189 e. The molecule has 4 aromatic rings. The monoisotopic (exact) mass is 639 g/mol. The summed E-state index contributed by atoms with van der Waals surface area (Å²) in [4.78, 5) is 15.7. The van der Waals surface area contributed by atoms with E-state index in [1.807, 2.05) is 24.3 Å². The number of aliphatic hydroxyl groups is 2. The zero-order valence-electron chi connectivity index (χ0n) is 17.8. The molecule has 0 radical (unpaired) electrons. The van der Waals surface area contributed by atoms with Crippen molar-refractivity contribution in [2.75, 3.05) is 0 Å². The summed E-state index contributed by atoms with van der Waals surface area (Å²) in [5.74, 6) is -1.62. The van der Waals surface area contributed by atoms with Gasteiger partial charge in [-0.25, -0.2) is 0 Å². The summed E-state index contributed by atoms with van der Waals surface area (Å²) >= 11 is 0. The van der Waals surface area contributed by atoms with Gasteiger partial charge in [-0.05, 0) is 17.3 Å². The van der Waals surface area contributed by atoms with Crippen molar-refractivity contribution in [3.63, 3.8) is 0 Å². The van der Waals surface area contributed by atoms with E-state index in [9.17, 15) is 18.7 Å². The summed E-state index contributed by atoms with van der Waals surface area (Å²) in [5.41, 5.74) is 2.23. The number of aliphatic hydroxyl groups excluding tert-OH is 2. The molecule has 2 N–H and O–H groups in total. The number of halogens is 2. The SMILES string of the molecule is O=C(/C=C(\O)c1ccccc1)c1ccccc1.OCc1ccnc(-c2[c-]cc(F)cc2F)c1.[Pt]. The predicted molar refractivity (Wildman–Crippen MR) is 122 cm³/mol. The summed E-state index contributed by atoms with van der Waals surface area (Å²) in [7, 11) is 0. The maximum atomic E-state index is 13.4. The van der Waals surface area contributed by atoms with E-state index in [4.69, 9.17) is 5.11 Å². The van der Waals surface area contributed by atoms with Crippen molar-refractivity contribution in [2.24, 2.45) is 0 Å². The van der Waals surface area contributed by atoms with Gasteiger partial charge in [-0.3, -0.25) is 13.6 Å². The Morgan fingerprint density at radius 1 is 0.941 bits per heavy atom. The standard InChI is InChI=1S/C15H12O2.C12H8F2NO.Pt/c16-14(12-7-3-1-4-8-12)11-15(17)13-9-5-2-6-10-13;13-9-1-2-10(11(14)6-9)12-5-8(7-16)3-4-15-12;/h1-11,16H;1,3-6,16H,7H2;/q;-1;/b14-11-;;. The molecule has 4 rings (SSSR count). The average molecular weight is 640 g/mol. The van der Waals surface area contributed by atoms with Crippen LogP contribution in [0.1, 0.15) is 21.5 Å². The van der Waals surface area contributed by atoms with Crippen molar-refractivity contribution in [1.82, 2.24) is 4.98 Å². The van der Waals surface area contributed by atoms with E-state index in [2.05, 4.69) is 11.1 Å². The first-order chi connectivity index (χ1) is 16.0. The molecule has 3 aromatic carbocycles. The van der Waals surface area contributed by atoms with Crippen LogP contribution in [0.5, 0.6) is 0 Å². The Hall–Kier alpha value is -3.47. The largest absolute Gasteiger partial charge is 0.507 e. The third kappa shape index (κ3) is 7.55. The first-order valence-corrected chi connectivity index (χ1v) is 9.96. The van der Waals surface area contributed by atoms with Gasteiger partial charge in [-0.2, -0.15) is 0 Å². The molecule has 0 bridgehead atoms. The van der Waals surface area contributed by atoms with Crippen LogP contribution in [0.25, 0.3) is 17.0 Å². The van der Waals surface area contributed by atoms with E-state index in [1.54, 1.807) is 42.5 Å². The molecule has 1 aromatic heterocycles. The van der Waals surface area contributed by atoms with Gasteiger partial charge < -0.3 is 15.2 Å². The van der Waals surface area contributed by atoms with Crippen molar-refractivity contribution in [3.05, 3.63) is 132 Å². The molecular weight excluding hydrogens is 619 g/mol. The molecular formula is C27H20F2NO3Pt-. The summed E-state index contributed by atoms with van der Waals surface area (Å²) in [6.45, 7) is -0.154. The van der Waals surface area contributed by atoms with Crippen LogP contribution >= 0.6 is 0 Å². The first-order valence-electron chi connectivity index (χ1n) is 9.96. The van der Waals surface area contributed by atoms with Crippen molar-refractivity contribution in [3.8, 4) is 11.3 Å². The number of hydrogen-bond donors (Lipinski definition) is 2. The molecule has 0 unspecified atom stereocenters. The number of carbonyl (C=O) groups excluding carboxylic acids is 1. The van der Waals surface area contributed by atoms with Gasteiger partial charge in [0.1, 0.15) is 5.76 Å². The number of carbonyl (C=O) groups is 1. The van der Waals surface area contributed by atoms with E-state index in [1.165, 1.54) is 18.3 Å². The number of nitrogens with zero attached hydrogens (tertiary/aromatic N) is 1. The average Bonchev–Trinajstić information content (AvgIpc) is 2.85. The van der Waals surface area contributed by atoms with E-state index >= 15 is 0 Å². The Kier molecular flexibility index (Phi) is 10.5. The summed E-state index contributed by atoms with van der Waals surface area (Å²) in [6, 6.07) is 25.3. The Morgan fingerprint density at radius 3 is 2.15 bits per heavy atom. The van der Waals surface area contributed by atoms with Gasteiger partial charge in [0.05, 0.1) is 6.61 Å². The maximum absolute atomic E-state index is 13.4. The second kappa shape index (κ2) is 13.3. The number of pyridine rings is 1. The fraction of sp³-hybridized carbons (Fsp3) is 0.0370. The second-order valence-electron chi connectivity index (χ2n) is 6.87. The molecule has 0 aliphatic carbocycles. The summed E-state index contributed by atoms with van der Waals surface area (Å²) in [5, 5.41) is 18.7. The Labute approximate surface area is 210 Å². The fourth-order valence-corrected chi connectivity index (χ4v) is 2.85. The molecule has 0 atom stereocenters. The molecule has 0 spiro atoms. The minimum atomic E-state index is -0.720. The van der Waals surface area contributed by atoms with Crippen LogP contribution in [0.4, 0.5) is 8.78 Å². The molecule has 1 heterocycles. The van der Waals surface area contributed by atoms with Crippen LogP contribution in [-0.2, 0) is 27.7 Å².